The molecule has 19 heavy (non-hydrogen) atoms. The van der Waals surface area contributed by atoms with Crippen molar-refractivity contribution in [2.75, 3.05) is 0 Å². The van der Waals surface area contributed by atoms with Crippen molar-refractivity contribution in [3.63, 3.8) is 0 Å². The molecule has 0 aliphatic carbocycles. The molecule has 1 aromatic rings. The Labute approximate surface area is 116 Å². The van der Waals surface area contributed by atoms with E-state index in [-0.39, 0.29) is 11.8 Å². The normalized spacial score (nSPS) is 22.1. The highest BCUT2D eigenvalue weighted by Gasteiger charge is 2.43. The fourth-order valence-electron chi connectivity index (χ4n) is 1.94. The zero-order valence-electron chi connectivity index (χ0n) is 11.0. The molecule has 5 nitrogen and oxygen atoms in total. The van der Waals surface area contributed by atoms with Crippen LogP contribution in [0.5, 0.6) is 0 Å². The zero-order chi connectivity index (χ0) is 14.0. The number of thioether (sulfide) groups is 1. The van der Waals surface area contributed by atoms with Gasteiger partial charge in [0.05, 0.1) is 0 Å². The van der Waals surface area contributed by atoms with E-state index in [4.69, 9.17) is 0 Å². The predicted octanol–water partition coefficient (Wildman–Crippen LogP) is 1.86. The second-order valence-corrected chi connectivity index (χ2v) is 5.75. The maximum Gasteiger partial charge on any atom is 0.241 e. The largest absolute Gasteiger partial charge is 0.304 e. The molecule has 6 heteroatoms. The third kappa shape index (κ3) is 2.63. The number of hydrogen-bond acceptors (Lipinski definition) is 4. The molecule has 2 rings (SSSR count). The Balaban J connectivity index is 2.36. The molecule has 1 aliphatic rings. The van der Waals surface area contributed by atoms with Crippen LogP contribution in [0.1, 0.15) is 26.3 Å². The van der Waals surface area contributed by atoms with Crippen LogP contribution < -0.4 is 5.32 Å². The van der Waals surface area contributed by atoms with Crippen molar-refractivity contribution >= 4 is 28.7 Å². The topological polar surface area (TPSA) is 61.8 Å². The van der Waals surface area contributed by atoms with Crippen LogP contribution in [0.3, 0.4) is 0 Å². The van der Waals surface area contributed by atoms with Crippen LogP contribution in [0.25, 0.3) is 0 Å². The van der Waals surface area contributed by atoms with Crippen LogP contribution in [-0.4, -0.2) is 22.0 Å². The Morgan fingerprint density at radius 3 is 2.42 bits per heavy atom. The van der Waals surface area contributed by atoms with Gasteiger partial charge in [-0.2, -0.15) is 0 Å². The van der Waals surface area contributed by atoms with Gasteiger partial charge in [0.15, 0.2) is 5.17 Å². The summed E-state index contributed by atoms with van der Waals surface area (Å²) in [6.07, 6.45) is 0. The second-order valence-electron chi connectivity index (χ2n) is 4.37. The monoisotopic (exact) mass is 277 g/mol. The smallest absolute Gasteiger partial charge is 0.241 e. The van der Waals surface area contributed by atoms with Crippen LogP contribution in [-0.2, 0) is 14.5 Å². The first kappa shape index (κ1) is 13.6. The predicted molar refractivity (Wildman–Crippen MR) is 75.2 cm³/mol. The maximum absolute atomic E-state index is 11.8. The first-order chi connectivity index (χ1) is 8.93. The SMILES string of the molecule is CC(=O)NC1=NN(C(C)=O)[C@@](C)(c2ccccc2)S1. The number of carbonyl (C=O) groups excluding carboxylic acids is 2. The molecule has 0 saturated carbocycles. The minimum absolute atomic E-state index is 0.167. The van der Waals surface area contributed by atoms with Crippen LogP contribution in [0.4, 0.5) is 0 Å². The van der Waals surface area contributed by atoms with Gasteiger partial charge in [-0.25, -0.2) is 5.01 Å². The van der Waals surface area contributed by atoms with Gasteiger partial charge in [0.2, 0.25) is 11.8 Å². The first-order valence-electron chi connectivity index (χ1n) is 5.85. The van der Waals surface area contributed by atoms with Gasteiger partial charge < -0.3 is 5.32 Å². The molecule has 0 spiro atoms. The molecule has 1 aromatic carbocycles. The Morgan fingerprint density at radius 2 is 1.89 bits per heavy atom. The number of benzene rings is 1. The number of amidine groups is 1. The molecule has 0 fully saturated rings. The molecule has 0 radical (unpaired) electrons. The van der Waals surface area contributed by atoms with Gasteiger partial charge in [-0.15, -0.1) is 5.10 Å². The number of nitrogens with one attached hydrogen (secondary N) is 1. The summed E-state index contributed by atoms with van der Waals surface area (Å²) in [5.74, 6) is -0.369. The number of hydrogen-bond donors (Lipinski definition) is 1. The van der Waals surface area contributed by atoms with E-state index in [1.807, 2.05) is 37.3 Å². The average molecular weight is 277 g/mol. The van der Waals surface area contributed by atoms with Crippen LogP contribution in [0, 0.1) is 0 Å². The summed E-state index contributed by atoms with van der Waals surface area (Å²) in [6.45, 7) is 4.79. The molecular formula is C13H15N3O2S. The van der Waals surface area contributed by atoms with Crippen molar-refractivity contribution in [1.82, 2.24) is 10.3 Å². The molecule has 0 unspecified atom stereocenters. The molecule has 0 bridgehead atoms. The van der Waals surface area contributed by atoms with Gasteiger partial charge in [0.1, 0.15) is 4.87 Å². The van der Waals surface area contributed by atoms with Crippen molar-refractivity contribution in [3.8, 4) is 0 Å². The molecule has 1 N–H and O–H groups in total. The van der Waals surface area contributed by atoms with E-state index in [2.05, 4.69) is 10.4 Å². The van der Waals surface area contributed by atoms with Gasteiger partial charge in [-0.3, -0.25) is 9.59 Å². The summed E-state index contributed by atoms with van der Waals surface area (Å²) in [5, 5.41) is 8.66. The van der Waals surface area contributed by atoms with E-state index >= 15 is 0 Å². The van der Waals surface area contributed by atoms with E-state index in [9.17, 15) is 9.59 Å². The molecular weight excluding hydrogens is 262 g/mol. The van der Waals surface area contributed by atoms with Crippen molar-refractivity contribution in [2.24, 2.45) is 5.10 Å². The lowest BCUT2D eigenvalue weighted by Crippen LogP contribution is -2.37. The zero-order valence-corrected chi connectivity index (χ0v) is 11.8. The van der Waals surface area contributed by atoms with E-state index in [0.29, 0.717) is 5.17 Å². The summed E-state index contributed by atoms with van der Waals surface area (Å²) >= 11 is 1.35. The Hall–Kier alpha value is -1.82. The van der Waals surface area contributed by atoms with E-state index in [0.717, 1.165) is 5.56 Å². The van der Waals surface area contributed by atoms with E-state index in [1.54, 1.807) is 0 Å². The van der Waals surface area contributed by atoms with Gasteiger partial charge in [-0.1, -0.05) is 42.1 Å². The number of nitrogens with zero attached hydrogens (tertiary/aromatic N) is 2. The fraction of sp³-hybridized carbons (Fsp3) is 0.308. The summed E-state index contributed by atoms with van der Waals surface area (Å²) in [7, 11) is 0. The number of hydrazone groups is 1. The quantitative estimate of drug-likeness (QED) is 0.852. The highest BCUT2D eigenvalue weighted by molar-refractivity contribution is 8.14. The molecule has 1 heterocycles. The van der Waals surface area contributed by atoms with Crippen molar-refractivity contribution in [2.45, 2.75) is 25.6 Å². The van der Waals surface area contributed by atoms with Crippen molar-refractivity contribution < 1.29 is 9.59 Å². The number of rotatable bonds is 1. The van der Waals surface area contributed by atoms with Crippen LogP contribution in [0.15, 0.2) is 35.4 Å². The first-order valence-corrected chi connectivity index (χ1v) is 6.66. The summed E-state index contributed by atoms with van der Waals surface area (Å²) < 4.78 is 0. The summed E-state index contributed by atoms with van der Waals surface area (Å²) in [4.78, 5) is 22.2. The second kappa shape index (κ2) is 5.05. The van der Waals surface area contributed by atoms with Crippen LogP contribution in [0.2, 0.25) is 0 Å². The van der Waals surface area contributed by atoms with Gasteiger partial charge in [0, 0.05) is 13.8 Å². The Bertz CT molecular complexity index is 544. The van der Waals surface area contributed by atoms with Crippen LogP contribution >= 0.6 is 11.8 Å². The molecule has 0 saturated heterocycles. The molecule has 1 atom stereocenters. The minimum atomic E-state index is -0.634. The summed E-state index contributed by atoms with van der Waals surface area (Å²) in [5.41, 5.74) is 0.958. The number of amides is 2. The maximum atomic E-state index is 11.8. The lowest BCUT2D eigenvalue weighted by Gasteiger charge is -2.30. The van der Waals surface area contributed by atoms with Crippen molar-refractivity contribution in [1.29, 1.82) is 0 Å². The summed E-state index contributed by atoms with van der Waals surface area (Å²) in [6, 6.07) is 9.62. The highest BCUT2D eigenvalue weighted by atomic mass is 32.2. The van der Waals surface area contributed by atoms with Gasteiger partial charge in [-0.05, 0) is 12.5 Å². The molecule has 100 valence electrons. The fourth-order valence-corrected chi connectivity index (χ4v) is 3.14. The Kier molecular flexibility index (Phi) is 3.61. The van der Waals surface area contributed by atoms with E-state index in [1.165, 1.54) is 30.6 Å². The van der Waals surface area contributed by atoms with Crippen molar-refractivity contribution in [3.05, 3.63) is 35.9 Å². The standard InChI is InChI=1S/C13H15N3O2S/c1-9(17)14-12-15-16(10(2)18)13(3,19-12)11-7-5-4-6-8-11/h4-8H,1-3H3,(H,14,15,17)/t13-/m1/s1. The molecule has 0 aromatic heterocycles. The Morgan fingerprint density at radius 1 is 1.26 bits per heavy atom. The van der Waals surface area contributed by atoms with Gasteiger partial charge in [0.25, 0.3) is 0 Å². The lowest BCUT2D eigenvalue weighted by molar-refractivity contribution is -0.131. The highest BCUT2D eigenvalue weighted by Crippen LogP contribution is 2.44. The average Bonchev–Trinajstić information content (AvgIpc) is 2.68. The third-order valence-electron chi connectivity index (χ3n) is 2.78. The van der Waals surface area contributed by atoms with Gasteiger partial charge >= 0.3 is 0 Å². The molecule has 2 amide bonds. The van der Waals surface area contributed by atoms with E-state index < -0.39 is 4.87 Å². The third-order valence-corrected chi connectivity index (χ3v) is 3.96. The minimum Gasteiger partial charge on any atom is -0.304 e. The number of carbonyl (C=O) groups is 2. The lowest BCUT2D eigenvalue weighted by atomic mass is 10.1. The molecule has 1 aliphatic heterocycles.